The molecule has 40 heavy (non-hydrogen) atoms. The predicted molar refractivity (Wildman–Crippen MR) is 153 cm³/mol. The zero-order valence-corrected chi connectivity index (χ0v) is 24.9. The van der Waals surface area contributed by atoms with Gasteiger partial charge in [-0.1, -0.05) is 30.7 Å². The third-order valence-electron chi connectivity index (χ3n) is 11.5. The molecule has 1 aliphatic heterocycles. The number of oxime groups is 1. The number of nitrogens with zero attached hydrogens (tertiary/aromatic N) is 1. The highest BCUT2D eigenvalue weighted by Gasteiger charge is 2.62. The minimum absolute atomic E-state index is 0.00952. The highest BCUT2D eigenvalue weighted by molar-refractivity contribution is 6.05. The first-order chi connectivity index (χ1) is 18.7. The number of carbonyl (C=O) groups is 2. The number of nitrogens with one attached hydrogen (secondary N) is 1. The van der Waals surface area contributed by atoms with E-state index in [1.54, 1.807) is 0 Å². The molecule has 3 saturated carbocycles. The molecule has 0 spiro atoms. The van der Waals surface area contributed by atoms with E-state index >= 15 is 0 Å². The fourth-order valence-electron chi connectivity index (χ4n) is 9.07. The van der Waals surface area contributed by atoms with Crippen LogP contribution in [0.15, 0.2) is 29.0 Å². The summed E-state index contributed by atoms with van der Waals surface area (Å²) in [6.45, 7) is 11.0. The predicted octanol–water partition coefficient (Wildman–Crippen LogP) is 5.01. The number of hydrogen-bond acceptors (Lipinski definition) is 6. The molecule has 8 nitrogen and oxygen atoms in total. The largest absolute Gasteiger partial charge is 0.481 e. The highest BCUT2D eigenvalue weighted by Crippen LogP contribution is 2.66. The van der Waals surface area contributed by atoms with Crippen LogP contribution in [0.25, 0.3) is 0 Å². The van der Waals surface area contributed by atoms with Gasteiger partial charge in [0.1, 0.15) is 5.71 Å². The van der Waals surface area contributed by atoms with Crippen molar-refractivity contribution in [2.24, 2.45) is 39.7 Å². The maximum atomic E-state index is 12.7. The Morgan fingerprint density at radius 1 is 1.12 bits per heavy atom. The van der Waals surface area contributed by atoms with Crippen LogP contribution < -0.4 is 5.32 Å². The second-order valence-corrected chi connectivity index (χ2v) is 14.4. The van der Waals surface area contributed by atoms with E-state index in [0.29, 0.717) is 42.9 Å². The van der Waals surface area contributed by atoms with Crippen LogP contribution in [0, 0.1) is 34.5 Å². The number of aliphatic carboxylic acids is 1. The van der Waals surface area contributed by atoms with E-state index in [9.17, 15) is 19.8 Å². The van der Waals surface area contributed by atoms with Crippen molar-refractivity contribution in [1.82, 2.24) is 5.32 Å². The smallest absolute Gasteiger partial charge is 0.305 e. The van der Waals surface area contributed by atoms with Gasteiger partial charge >= 0.3 is 5.97 Å². The summed E-state index contributed by atoms with van der Waals surface area (Å²) in [7, 11) is 0. The summed E-state index contributed by atoms with van der Waals surface area (Å²) >= 11 is 0. The number of carboxylic acids is 1. The third-order valence-corrected chi connectivity index (χ3v) is 11.5. The average Bonchev–Trinajstić information content (AvgIpc) is 3.11. The fraction of sp³-hybridized carbons (Fsp3) is 0.781. The Morgan fingerprint density at radius 2 is 1.88 bits per heavy atom. The molecule has 5 aliphatic rings. The van der Waals surface area contributed by atoms with Gasteiger partial charge in [-0.25, -0.2) is 0 Å². The van der Waals surface area contributed by atoms with E-state index < -0.39 is 17.6 Å². The van der Waals surface area contributed by atoms with Crippen molar-refractivity contribution >= 4 is 17.6 Å². The SMILES string of the molecule is CC1(C)C[C@@H]([C@@H](CC(=O)O)NC(=O)CO/N=C2\C=C[C@@]3(C)C(=C2)CC[C@@H]2[C@H]4CC[C@](C)(O)[C@@]4(C)CC[C@@H]23)CCO1. The summed E-state index contributed by atoms with van der Waals surface area (Å²) in [5.74, 6) is 0.483. The monoisotopic (exact) mass is 556 g/mol. The minimum atomic E-state index is -0.937. The van der Waals surface area contributed by atoms with Crippen molar-refractivity contribution in [3.8, 4) is 0 Å². The molecule has 8 atom stereocenters. The summed E-state index contributed by atoms with van der Waals surface area (Å²) in [6, 6.07) is -0.474. The molecule has 0 bridgehead atoms. The number of carboxylic acid groups (broad SMARTS) is 1. The molecule has 0 radical (unpaired) electrons. The molecule has 0 unspecified atom stereocenters. The first-order valence-electron chi connectivity index (χ1n) is 15.2. The maximum absolute atomic E-state index is 12.7. The average molecular weight is 557 g/mol. The van der Waals surface area contributed by atoms with Crippen LogP contribution in [-0.4, -0.2) is 58.3 Å². The van der Waals surface area contributed by atoms with Crippen LogP contribution in [0.5, 0.6) is 0 Å². The highest BCUT2D eigenvalue weighted by atomic mass is 16.6. The van der Waals surface area contributed by atoms with Crippen molar-refractivity contribution in [3.63, 3.8) is 0 Å². The number of carbonyl (C=O) groups excluding carboxylic acids is 1. The van der Waals surface area contributed by atoms with Gasteiger partial charge in [-0.2, -0.15) is 0 Å². The lowest BCUT2D eigenvalue weighted by molar-refractivity contribution is -0.139. The summed E-state index contributed by atoms with van der Waals surface area (Å²) in [5, 5.41) is 27.7. The Bertz CT molecular complexity index is 1110. The van der Waals surface area contributed by atoms with Crippen LogP contribution >= 0.6 is 0 Å². The van der Waals surface area contributed by atoms with Crippen LogP contribution in [0.3, 0.4) is 0 Å². The quantitative estimate of drug-likeness (QED) is 0.380. The van der Waals surface area contributed by atoms with Crippen molar-refractivity contribution in [2.45, 2.75) is 110 Å². The number of amides is 1. The molecule has 0 aromatic heterocycles. The molecule has 4 fully saturated rings. The summed E-state index contributed by atoms with van der Waals surface area (Å²) in [4.78, 5) is 29.6. The van der Waals surface area contributed by atoms with Gasteiger partial charge in [0.05, 0.1) is 17.6 Å². The number of ether oxygens (including phenoxy) is 1. The lowest BCUT2D eigenvalue weighted by atomic mass is 9.47. The Balaban J connectivity index is 1.19. The van der Waals surface area contributed by atoms with Crippen molar-refractivity contribution in [1.29, 1.82) is 0 Å². The molecule has 1 amide bonds. The van der Waals surface area contributed by atoms with E-state index in [4.69, 9.17) is 9.57 Å². The number of hydrogen-bond donors (Lipinski definition) is 3. The molecule has 1 saturated heterocycles. The van der Waals surface area contributed by atoms with Gasteiger partial charge in [-0.15, -0.1) is 0 Å². The Kier molecular flexibility index (Phi) is 7.75. The van der Waals surface area contributed by atoms with Gasteiger partial charge in [0.2, 0.25) is 0 Å². The maximum Gasteiger partial charge on any atom is 0.305 e. The number of allylic oxidation sites excluding steroid dienone is 4. The molecule has 222 valence electrons. The number of aliphatic hydroxyl groups is 1. The summed E-state index contributed by atoms with van der Waals surface area (Å²) in [5.41, 5.74) is 1.17. The molecular weight excluding hydrogens is 508 g/mol. The van der Waals surface area contributed by atoms with E-state index in [0.717, 1.165) is 38.5 Å². The Morgan fingerprint density at radius 3 is 2.60 bits per heavy atom. The molecule has 5 rings (SSSR count). The zero-order valence-electron chi connectivity index (χ0n) is 24.9. The summed E-state index contributed by atoms with van der Waals surface area (Å²) in [6.07, 6.45) is 14.0. The van der Waals surface area contributed by atoms with Crippen LogP contribution in [0.1, 0.15) is 92.4 Å². The van der Waals surface area contributed by atoms with Gasteiger partial charge in [-0.05, 0) is 113 Å². The van der Waals surface area contributed by atoms with E-state index in [-0.39, 0.29) is 41.3 Å². The fourth-order valence-corrected chi connectivity index (χ4v) is 9.07. The van der Waals surface area contributed by atoms with Crippen molar-refractivity contribution in [3.05, 3.63) is 23.8 Å². The molecule has 3 N–H and O–H groups in total. The van der Waals surface area contributed by atoms with Gasteiger partial charge in [0.25, 0.3) is 5.91 Å². The zero-order chi connectivity index (χ0) is 28.9. The molecule has 4 aliphatic carbocycles. The van der Waals surface area contributed by atoms with Gasteiger partial charge in [0.15, 0.2) is 6.61 Å². The van der Waals surface area contributed by atoms with E-state index in [2.05, 4.69) is 36.5 Å². The molecule has 0 aromatic rings. The Labute approximate surface area is 238 Å². The topological polar surface area (TPSA) is 117 Å². The molecule has 0 aromatic carbocycles. The lowest BCUT2D eigenvalue weighted by Gasteiger charge is -2.58. The normalized spacial score (nSPS) is 41.8. The Hall–Kier alpha value is -2.19. The molecule has 1 heterocycles. The lowest BCUT2D eigenvalue weighted by Crippen LogP contribution is -2.53. The van der Waals surface area contributed by atoms with Crippen molar-refractivity contribution < 1.29 is 29.4 Å². The first-order valence-corrected chi connectivity index (χ1v) is 15.2. The summed E-state index contributed by atoms with van der Waals surface area (Å²) < 4.78 is 5.77. The van der Waals surface area contributed by atoms with Crippen LogP contribution in [0.2, 0.25) is 0 Å². The van der Waals surface area contributed by atoms with E-state index in [1.165, 1.54) is 5.57 Å². The van der Waals surface area contributed by atoms with Crippen molar-refractivity contribution in [2.75, 3.05) is 13.2 Å². The molecular formula is C32H48N2O6. The molecule has 8 heteroatoms. The third kappa shape index (κ3) is 5.38. The number of fused-ring (bicyclic) bond motifs is 5. The first kappa shape index (κ1) is 29.3. The van der Waals surface area contributed by atoms with Gasteiger partial charge in [-0.3, -0.25) is 9.59 Å². The minimum Gasteiger partial charge on any atom is -0.481 e. The standard InChI is InChI=1S/C32H48N2O6/c1-29(2)18-20(11-15-39-29)26(17-28(36)37)33-27(35)19-40-34-22-8-12-30(3)21(16-22)6-7-23-24(30)9-13-31(4)25(23)10-14-32(31,5)38/h8,12,16,20,23-26,38H,6-7,9-11,13-15,17-19H2,1-5H3,(H,33,35)(H,36,37)/b34-22+/t20-,23-,24-,25+,26+,30-,31-,32-/m0/s1. The van der Waals surface area contributed by atoms with E-state index in [1.807, 2.05) is 26.8 Å². The van der Waals surface area contributed by atoms with Gasteiger partial charge in [0, 0.05) is 18.1 Å². The van der Waals surface area contributed by atoms with Crippen LogP contribution in [0.4, 0.5) is 0 Å². The van der Waals surface area contributed by atoms with Gasteiger partial charge < -0.3 is 25.1 Å². The second kappa shape index (κ2) is 10.6. The second-order valence-electron chi connectivity index (χ2n) is 14.4. The van der Waals surface area contributed by atoms with Crippen LogP contribution in [-0.2, 0) is 19.2 Å². The number of rotatable bonds is 7.